The smallest absolute Gasteiger partial charge is 0.227 e. The quantitative estimate of drug-likeness (QED) is 0.718. The van der Waals surface area contributed by atoms with Gasteiger partial charge in [-0.3, -0.25) is 0 Å². The first-order valence-electron chi connectivity index (χ1n) is 5.52. The van der Waals surface area contributed by atoms with Gasteiger partial charge in [0.1, 0.15) is 5.52 Å². The number of fused-ring (bicyclic) bond motifs is 1. The van der Waals surface area contributed by atoms with Gasteiger partial charge in [0.15, 0.2) is 5.58 Å². The Labute approximate surface area is 118 Å². The van der Waals surface area contributed by atoms with Crippen molar-refractivity contribution in [3.8, 4) is 11.5 Å². The normalized spacial score (nSPS) is 11.0. The molecule has 3 aromatic rings. The lowest BCUT2D eigenvalue weighted by atomic mass is 10.2. The molecule has 0 unspecified atom stereocenters. The molecule has 0 fully saturated rings. The van der Waals surface area contributed by atoms with Gasteiger partial charge in [-0.25, -0.2) is 4.98 Å². The van der Waals surface area contributed by atoms with E-state index in [1.165, 1.54) is 0 Å². The van der Waals surface area contributed by atoms with E-state index in [1.807, 2.05) is 42.5 Å². The second-order valence-corrected chi connectivity index (χ2v) is 5.24. The number of aliphatic hydroxyl groups excluding tert-OH is 1. The largest absolute Gasteiger partial charge is 0.436 e. The minimum atomic E-state index is 0.0152. The first kappa shape index (κ1) is 11.7. The SMILES string of the molecule is OCc1ccc2oc(-c3cccc(I)c3)nc2c1. The number of halogens is 1. The van der Waals surface area contributed by atoms with Crippen LogP contribution in [-0.4, -0.2) is 10.1 Å². The maximum atomic E-state index is 9.10. The maximum absolute atomic E-state index is 9.10. The van der Waals surface area contributed by atoms with Crippen molar-refractivity contribution in [1.29, 1.82) is 0 Å². The van der Waals surface area contributed by atoms with Gasteiger partial charge in [0, 0.05) is 9.13 Å². The lowest BCUT2D eigenvalue weighted by Gasteiger charge is -1.94. The Kier molecular flexibility index (Phi) is 3.05. The molecular weight excluding hydrogens is 341 g/mol. The molecule has 0 aliphatic rings. The van der Waals surface area contributed by atoms with E-state index in [2.05, 4.69) is 27.6 Å². The molecule has 18 heavy (non-hydrogen) atoms. The van der Waals surface area contributed by atoms with Crippen LogP contribution in [0, 0.1) is 3.57 Å². The van der Waals surface area contributed by atoms with E-state index in [9.17, 15) is 0 Å². The van der Waals surface area contributed by atoms with Crippen molar-refractivity contribution in [2.45, 2.75) is 6.61 Å². The summed E-state index contributed by atoms with van der Waals surface area (Å²) in [5, 5.41) is 9.10. The van der Waals surface area contributed by atoms with Crippen LogP contribution in [0.25, 0.3) is 22.6 Å². The summed E-state index contributed by atoms with van der Waals surface area (Å²) in [6.45, 7) is 0.0152. The summed E-state index contributed by atoms with van der Waals surface area (Å²) in [6.07, 6.45) is 0. The summed E-state index contributed by atoms with van der Waals surface area (Å²) in [6, 6.07) is 13.5. The third-order valence-electron chi connectivity index (χ3n) is 2.71. The summed E-state index contributed by atoms with van der Waals surface area (Å²) in [7, 11) is 0. The molecule has 1 aromatic heterocycles. The topological polar surface area (TPSA) is 46.3 Å². The number of nitrogens with zero attached hydrogens (tertiary/aromatic N) is 1. The van der Waals surface area contributed by atoms with Gasteiger partial charge in [-0.15, -0.1) is 0 Å². The van der Waals surface area contributed by atoms with Crippen LogP contribution in [0.1, 0.15) is 5.56 Å². The number of hydrogen-bond acceptors (Lipinski definition) is 3. The van der Waals surface area contributed by atoms with Gasteiger partial charge in [-0.05, 0) is 58.5 Å². The van der Waals surface area contributed by atoms with Crippen LogP contribution in [0.15, 0.2) is 46.9 Å². The van der Waals surface area contributed by atoms with Crippen molar-refractivity contribution in [3.05, 3.63) is 51.6 Å². The van der Waals surface area contributed by atoms with Gasteiger partial charge in [-0.1, -0.05) is 12.1 Å². The number of aliphatic hydroxyl groups is 1. The van der Waals surface area contributed by atoms with E-state index < -0.39 is 0 Å². The zero-order valence-electron chi connectivity index (χ0n) is 9.43. The lowest BCUT2D eigenvalue weighted by molar-refractivity contribution is 0.282. The summed E-state index contributed by atoms with van der Waals surface area (Å²) in [5.74, 6) is 0.610. The van der Waals surface area contributed by atoms with Gasteiger partial charge < -0.3 is 9.52 Å². The molecule has 0 aliphatic heterocycles. The first-order valence-corrected chi connectivity index (χ1v) is 6.60. The van der Waals surface area contributed by atoms with E-state index in [4.69, 9.17) is 9.52 Å². The summed E-state index contributed by atoms with van der Waals surface area (Å²) < 4.78 is 6.85. The molecule has 4 heteroatoms. The Bertz CT molecular complexity index is 706. The fourth-order valence-electron chi connectivity index (χ4n) is 1.82. The van der Waals surface area contributed by atoms with Crippen LogP contribution in [0.3, 0.4) is 0 Å². The number of oxazole rings is 1. The zero-order chi connectivity index (χ0) is 12.5. The molecule has 3 nitrogen and oxygen atoms in total. The predicted molar refractivity (Wildman–Crippen MR) is 78.1 cm³/mol. The number of rotatable bonds is 2. The van der Waals surface area contributed by atoms with Crippen molar-refractivity contribution >= 4 is 33.7 Å². The molecule has 1 N–H and O–H groups in total. The molecule has 0 radical (unpaired) electrons. The highest BCUT2D eigenvalue weighted by Crippen LogP contribution is 2.25. The van der Waals surface area contributed by atoms with Crippen LogP contribution < -0.4 is 0 Å². The molecule has 0 saturated heterocycles. The second-order valence-electron chi connectivity index (χ2n) is 3.99. The van der Waals surface area contributed by atoms with E-state index in [0.29, 0.717) is 5.89 Å². The van der Waals surface area contributed by atoms with Crippen molar-refractivity contribution < 1.29 is 9.52 Å². The molecule has 0 amide bonds. The molecule has 1 heterocycles. The van der Waals surface area contributed by atoms with E-state index in [0.717, 1.165) is 25.8 Å². The second kappa shape index (κ2) is 4.70. The Balaban J connectivity index is 2.13. The molecule has 0 saturated carbocycles. The maximum Gasteiger partial charge on any atom is 0.227 e. The summed E-state index contributed by atoms with van der Waals surface area (Å²) in [4.78, 5) is 4.45. The Hall–Kier alpha value is -1.40. The predicted octanol–water partition coefficient (Wildman–Crippen LogP) is 3.59. The third-order valence-corrected chi connectivity index (χ3v) is 3.38. The average Bonchev–Trinajstić information content (AvgIpc) is 2.81. The van der Waals surface area contributed by atoms with Crippen molar-refractivity contribution in [1.82, 2.24) is 4.98 Å². The third kappa shape index (κ3) is 2.13. The molecule has 90 valence electrons. The summed E-state index contributed by atoms with van der Waals surface area (Å²) in [5.41, 5.74) is 3.31. The van der Waals surface area contributed by atoms with Gasteiger partial charge >= 0.3 is 0 Å². The minimum absolute atomic E-state index is 0.0152. The Morgan fingerprint density at radius 2 is 2.06 bits per heavy atom. The highest BCUT2D eigenvalue weighted by molar-refractivity contribution is 14.1. The number of benzene rings is 2. The molecule has 0 spiro atoms. The van der Waals surface area contributed by atoms with Crippen LogP contribution in [0.5, 0.6) is 0 Å². The molecule has 0 aliphatic carbocycles. The molecule has 0 bridgehead atoms. The molecule has 0 atom stereocenters. The number of aromatic nitrogens is 1. The van der Waals surface area contributed by atoms with E-state index in [1.54, 1.807) is 0 Å². The van der Waals surface area contributed by atoms with Crippen LogP contribution in [-0.2, 0) is 6.61 Å². The van der Waals surface area contributed by atoms with Gasteiger partial charge in [-0.2, -0.15) is 0 Å². The van der Waals surface area contributed by atoms with Crippen molar-refractivity contribution in [2.24, 2.45) is 0 Å². The fourth-order valence-corrected chi connectivity index (χ4v) is 2.36. The zero-order valence-corrected chi connectivity index (χ0v) is 11.6. The van der Waals surface area contributed by atoms with Crippen molar-refractivity contribution in [3.63, 3.8) is 0 Å². The van der Waals surface area contributed by atoms with Gasteiger partial charge in [0.2, 0.25) is 5.89 Å². The van der Waals surface area contributed by atoms with Gasteiger partial charge in [0.25, 0.3) is 0 Å². The molecule has 2 aromatic carbocycles. The Morgan fingerprint density at radius 1 is 1.17 bits per heavy atom. The number of hydrogen-bond donors (Lipinski definition) is 1. The van der Waals surface area contributed by atoms with E-state index >= 15 is 0 Å². The highest BCUT2D eigenvalue weighted by atomic mass is 127. The molecule has 3 rings (SSSR count). The van der Waals surface area contributed by atoms with Crippen LogP contribution in [0.4, 0.5) is 0 Å². The van der Waals surface area contributed by atoms with Crippen LogP contribution >= 0.6 is 22.6 Å². The highest BCUT2D eigenvalue weighted by Gasteiger charge is 2.08. The lowest BCUT2D eigenvalue weighted by Crippen LogP contribution is -1.81. The summed E-state index contributed by atoms with van der Waals surface area (Å²) >= 11 is 2.26. The standard InChI is InChI=1S/C14H10INO2/c15-11-3-1-2-10(7-11)14-16-12-6-9(8-17)4-5-13(12)18-14/h1-7,17H,8H2. The minimum Gasteiger partial charge on any atom is -0.436 e. The Morgan fingerprint density at radius 3 is 2.83 bits per heavy atom. The molecular formula is C14H10INO2. The van der Waals surface area contributed by atoms with E-state index in [-0.39, 0.29) is 6.61 Å². The van der Waals surface area contributed by atoms with Gasteiger partial charge in [0.05, 0.1) is 6.61 Å². The fraction of sp³-hybridized carbons (Fsp3) is 0.0714. The monoisotopic (exact) mass is 351 g/mol. The average molecular weight is 351 g/mol. The van der Waals surface area contributed by atoms with Crippen molar-refractivity contribution in [2.75, 3.05) is 0 Å². The van der Waals surface area contributed by atoms with Crippen LogP contribution in [0.2, 0.25) is 0 Å². The first-order chi connectivity index (χ1) is 8.76.